The summed E-state index contributed by atoms with van der Waals surface area (Å²) in [6, 6.07) is 15.9. The summed E-state index contributed by atoms with van der Waals surface area (Å²) in [5.41, 5.74) is 2.94. The largest absolute Gasteiger partial charge is 0.497 e. The van der Waals surface area contributed by atoms with Crippen LogP contribution in [-0.2, 0) is 4.79 Å². The van der Waals surface area contributed by atoms with Gasteiger partial charge in [0.25, 0.3) is 0 Å². The average Bonchev–Trinajstić information content (AvgIpc) is 3.05. The van der Waals surface area contributed by atoms with Crippen LogP contribution in [0, 0.1) is 0 Å². The Balaban J connectivity index is 1.95. The molecule has 0 bridgehead atoms. The van der Waals surface area contributed by atoms with Crippen LogP contribution in [0.3, 0.4) is 0 Å². The third-order valence-corrected chi connectivity index (χ3v) is 5.22. The van der Waals surface area contributed by atoms with Gasteiger partial charge in [-0.25, -0.2) is 4.98 Å². The molecule has 26 heavy (non-hydrogen) atoms. The number of carbonyl (C=O) groups is 1. The van der Waals surface area contributed by atoms with Crippen molar-refractivity contribution in [3.63, 3.8) is 0 Å². The third kappa shape index (κ3) is 3.70. The van der Waals surface area contributed by atoms with E-state index < -0.39 is 0 Å². The van der Waals surface area contributed by atoms with Crippen molar-refractivity contribution < 1.29 is 9.53 Å². The van der Waals surface area contributed by atoms with E-state index in [1.54, 1.807) is 7.11 Å². The Morgan fingerprint density at radius 3 is 2.46 bits per heavy atom. The first-order valence-corrected chi connectivity index (χ1v) is 9.69. The zero-order valence-electron chi connectivity index (χ0n) is 15.3. The SMILES string of the molecule is CCN(CC)C(=O)CSc1nc2ccccc2n1-c1ccc(OC)cc1. The molecule has 1 heterocycles. The van der Waals surface area contributed by atoms with Gasteiger partial charge in [-0.1, -0.05) is 23.9 Å². The van der Waals surface area contributed by atoms with E-state index in [4.69, 9.17) is 9.72 Å². The standard InChI is InChI=1S/C20H23N3O2S/c1-4-22(5-2)19(24)14-26-20-21-17-8-6-7-9-18(17)23(20)15-10-12-16(25-3)13-11-15/h6-13H,4-5,14H2,1-3H3. The maximum absolute atomic E-state index is 12.4. The van der Waals surface area contributed by atoms with Gasteiger partial charge in [-0.05, 0) is 50.2 Å². The van der Waals surface area contributed by atoms with Gasteiger partial charge in [-0.15, -0.1) is 0 Å². The minimum atomic E-state index is 0.133. The molecule has 5 nitrogen and oxygen atoms in total. The summed E-state index contributed by atoms with van der Waals surface area (Å²) in [6.07, 6.45) is 0. The van der Waals surface area contributed by atoms with Crippen LogP contribution in [-0.4, -0.2) is 46.3 Å². The molecule has 0 aliphatic heterocycles. The van der Waals surface area contributed by atoms with Gasteiger partial charge >= 0.3 is 0 Å². The highest BCUT2D eigenvalue weighted by Crippen LogP contribution is 2.29. The third-order valence-electron chi connectivity index (χ3n) is 4.30. The molecule has 0 atom stereocenters. The van der Waals surface area contributed by atoms with Gasteiger partial charge in [0.2, 0.25) is 5.91 Å². The second-order valence-corrected chi connectivity index (χ2v) is 6.71. The first-order valence-electron chi connectivity index (χ1n) is 8.70. The second-order valence-electron chi connectivity index (χ2n) is 5.77. The van der Waals surface area contributed by atoms with Crippen molar-refractivity contribution in [2.45, 2.75) is 19.0 Å². The lowest BCUT2D eigenvalue weighted by Gasteiger charge is -2.18. The number of ether oxygens (including phenoxy) is 1. The molecule has 0 fully saturated rings. The fourth-order valence-electron chi connectivity index (χ4n) is 2.88. The van der Waals surface area contributed by atoms with Gasteiger partial charge in [0, 0.05) is 18.8 Å². The molecule has 3 aromatic rings. The number of imidazole rings is 1. The predicted octanol–water partition coefficient (Wildman–Crippen LogP) is 3.99. The van der Waals surface area contributed by atoms with Crippen LogP contribution < -0.4 is 4.74 Å². The Kier molecular flexibility index (Phi) is 5.83. The Morgan fingerprint density at radius 2 is 1.81 bits per heavy atom. The monoisotopic (exact) mass is 369 g/mol. The van der Waals surface area contributed by atoms with Crippen molar-refractivity contribution >= 4 is 28.7 Å². The molecular weight excluding hydrogens is 346 g/mol. The lowest BCUT2D eigenvalue weighted by molar-refractivity contribution is -0.127. The van der Waals surface area contributed by atoms with Gasteiger partial charge in [-0.3, -0.25) is 9.36 Å². The Labute approximate surface area is 158 Å². The van der Waals surface area contributed by atoms with Crippen molar-refractivity contribution in [2.24, 2.45) is 0 Å². The van der Waals surface area contributed by atoms with Gasteiger partial charge in [0.05, 0.1) is 23.9 Å². The predicted molar refractivity (Wildman–Crippen MR) is 106 cm³/mol. The van der Waals surface area contributed by atoms with E-state index in [0.29, 0.717) is 5.75 Å². The summed E-state index contributed by atoms with van der Waals surface area (Å²) in [4.78, 5) is 19.0. The number of fused-ring (bicyclic) bond motifs is 1. The minimum Gasteiger partial charge on any atom is -0.497 e. The topological polar surface area (TPSA) is 47.4 Å². The van der Waals surface area contributed by atoms with Crippen LogP contribution >= 0.6 is 11.8 Å². The molecule has 1 aromatic heterocycles. The number of para-hydroxylation sites is 2. The Morgan fingerprint density at radius 1 is 1.12 bits per heavy atom. The number of aromatic nitrogens is 2. The molecule has 0 saturated heterocycles. The highest BCUT2D eigenvalue weighted by atomic mass is 32.2. The van der Waals surface area contributed by atoms with E-state index in [1.165, 1.54) is 11.8 Å². The molecular formula is C20H23N3O2S. The second kappa shape index (κ2) is 8.27. The average molecular weight is 369 g/mol. The van der Waals surface area contributed by atoms with Gasteiger partial charge in [0.1, 0.15) is 5.75 Å². The lowest BCUT2D eigenvalue weighted by atomic mass is 10.2. The number of hydrogen-bond acceptors (Lipinski definition) is 4. The number of hydrogen-bond donors (Lipinski definition) is 0. The summed E-state index contributed by atoms with van der Waals surface area (Å²) >= 11 is 1.47. The molecule has 3 rings (SSSR count). The summed E-state index contributed by atoms with van der Waals surface area (Å²) in [5.74, 6) is 1.32. The number of rotatable bonds is 7. The fraction of sp³-hybridized carbons (Fsp3) is 0.300. The number of amides is 1. The number of thioether (sulfide) groups is 1. The van der Waals surface area contributed by atoms with E-state index in [-0.39, 0.29) is 5.91 Å². The molecule has 0 aliphatic rings. The van der Waals surface area contributed by atoms with Crippen molar-refractivity contribution in [3.8, 4) is 11.4 Å². The first-order chi connectivity index (χ1) is 12.7. The van der Waals surface area contributed by atoms with E-state index in [1.807, 2.05) is 67.3 Å². The molecule has 136 valence electrons. The molecule has 2 aromatic carbocycles. The quantitative estimate of drug-likeness (QED) is 0.591. The number of benzene rings is 2. The van der Waals surface area contributed by atoms with Crippen LogP contribution in [0.2, 0.25) is 0 Å². The maximum Gasteiger partial charge on any atom is 0.233 e. The van der Waals surface area contributed by atoms with Crippen LogP contribution in [0.1, 0.15) is 13.8 Å². The zero-order valence-corrected chi connectivity index (χ0v) is 16.1. The molecule has 0 radical (unpaired) electrons. The van der Waals surface area contributed by atoms with E-state index >= 15 is 0 Å². The van der Waals surface area contributed by atoms with Gasteiger partial charge in [-0.2, -0.15) is 0 Å². The number of carbonyl (C=O) groups excluding carboxylic acids is 1. The Bertz CT molecular complexity index is 886. The number of methoxy groups -OCH3 is 1. The van der Waals surface area contributed by atoms with Crippen molar-refractivity contribution in [2.75, 3.05) is 26.0 Å². The summed E-state index contributed by atoms with van der Waals surface area (Å²) in [6.45, 7) is 5.45. The molecule has 0 saturated carbocycles. The fourth-order valence-corrected chi connectivity index (χ4v) is 3.81. The normalized spacial score (nSPS) is 10.9. The molecule has 0 N–H and O–H groups in total. The van der Waals surface area contributed by atoms with Crippen LogP contribution in [0.5, 0.6) is 5.75 Å². The highest BCUT2D eigenvalue weighted by Gasteiger charge is 2.16. The molecule has 1 amide bonds. The summed E-state index contributed by atoms with van der Waals surface area (Å²) < 4.78 is 7.35. The zero-order chi connectivity index (χ0) is 18.5. The van der Waals surface area contributed by atoms with Crippen molar-refractivity contribution in [1.82, 2.24) is 14.5 Å². The van der Waals surface area contributed by atoms with Gasteiger partial charge in [0.15, 0.2) is 5.16 Å². The smallest absolute Gasteiger partial charge is 0.233 e. The molecule has 6 heteroatoms. The van der Waals surface area contributed by atoms with Crippen LogP contribution in [0.15, 0.2) is 53.7 Å². The van der Waals surface area contributed by atoms with Crippen LogP contribution in [0.4, 0.5) is 0 Å². The van der Waals surface area contributed by atoms with Gasteiger partial charge < -0.3 is 9.64 Å². The van der Waals surface area contributed by atoms with E-state index in [2.05, 4.69) is 4.57 Å². The van der Waals surface area contributed by atoms with E-state index in [9.17, 15) is 4.79 Å². The summed E-state index contributed by atoms with van der Waals surface area (Å²) in [5, 5.41) is 0.817. The Hall–Kier alpha value is -2.47. The minimum absolute atomic E-state index is 0.133. The van der Waals surface area contributed by atoms with Crippen molar-refractivity contribution in [1.29, 1.82) is 0 Å². The number of nitrogens with zero attached hydrogens (tertiary/aromatic N) is 3. The maximum atomic E-state index is 12.4. The van der Waals surface area contributed by atoms with E-state index in [0.717, 1.165) is 40.7 Å². The summed E-state index contributed by atoms with van der Waals surface area (Å²) in [7, 11) is 1.65. The first kappa shape index (κ1) is 18.3. The molecule has 0 unspecified atom stereocenters. The lowest BCUT2D eigenvalue weighted by Crippen LogP contribution is -2.31. The highest BCUT2D eigenvalue weighted by molar-refractivity contribution is 7.99. The van der Waals surface area contributed by atoms with Crippen LogP contribution in [0.25, 0.3) is 16.7 Å². The molecule has 0 spiro atoms. The van der Waals surface area contributed by atoms with Crippen molar-refractivity contribution in [3.05, 3.63) is 48.5 Å². The molecule has 0 aliphatic carbocycles.